The molecule has 0 N–H and O–H groups in total. The zero-order chi connectivity index (χ0) is 10.6. The van der Waals surface area contributed by atoms with Crippen LogP contribution in [0.2, 0.25) is 0 Å². The van der Waals surface area contributed by atoms with E-state index in [1.54, 1.807) is 0 Å². The van der Waals surface area contributed by atoms with Crippen LogP contribution in [-0.4, -0.2) is 11.1 Å². The Morgan fingerprint density at radius 3 is 2.86 bits per heavy atom. The highest BCUT2D eigenvalue weighted by atomic mass is 79.9. The monoisotopic (exact) mass is 254 g/mol. The Hall–Kier alpha value is -1.14. The van der Waals surface area contributed by atoms with Crippen LogP contribution in [-0.2, 0) is 0 Å². The van der Waals surface area contributed by atoms with E-state index in [4.69, 9.17) is 0 Å². The number of ketones is 1. The summed E-state index contributed by atoms with van der Waals surface area (Å²) in [5, 5.41) is 0.483. The number of carbonyl (C=O) groups is 1. The minimum atomic E-state index is -0.400. The Morgan fingerprint density at radius 1 is 1.57 bits per heavy atom. The second-order valence-electron chi connectivity index (χ2n) is 2.69. The van der Waals surface area contributed by atoms with Crippen molar-refractivity contribution in [2.45, 2.75) is 6.92 Å². The minimum absolute atomic E-state index is 0.0908. The van der Waals surface area contributed by atoms with Crippen molar-refractivity contribution in [2.24, 2.45) is 0 Å². The minimum Gasteiger partial charge on any atom is -0.295 e. The van der Waals surface area contributed by atoms with Gasteiger partial charge in [0.2, 0.25) is 0 Å². The van der Waals surface area contributed by atoms with Crippen LogP contribution in [0.3, 0.4) is 0 Å². The maximum Gasteiger partial charge on any atom is 0.159 e. The van der Waals surface area contributed by atoms with E-state index >= 15 is 0 Å². The fraction of sp³-hybridized carbons (Fsp3) is 0.182. The van der Waals surface area contributed by atoms with Crippen LogP contribution in [0, 0.1) is 17.7 Å². The molecule has 0 aliphatic heterocycles. The van der Waals surface area contributed by atoms with Crippen molar-refractivity contribution < 1.29 is 9.18 Å². The predicted molar refractivity (Wildman–Crippen MR) is 57.1 cm³/mol. The highest BCUT2D eigenvalue weighted by Crippen LogP contribution is 2.09. The van der Waals surface area contributed by atoms with Gasteiger partial charge in [-0.2, -0.15) is 0 Å². The summed E-state index contributed by atoms with van der Waals surface area (Å²) >= 11 is 3.12. The molecule has 0 amide bonds. The molecular formula is C11H8BrFO. The Balaban J connectivity index is 3.14. The largest absolute Gasteiger partial charge is 0.295 e. The van der Waals surface area contributed by atoms with E-state index in [-0.39, 0.29) is 11.3 Å². The molecule has 1 aromatic rings. The first-order valence-corrected chi connectivity index (χ1v) is 5.12. The van der Waals surface area contributed by atoms with Crippen LogP contribution >= 0.6 is 15.9 Å². The number of hydrogen-bond donors (Lipinski definition) is 0. The van der Waals surface area contributed by atoms with E-state index in [2.05, 4.69) is 27.8 Å². The quantitative estimate of drug-likeness (QED) is 0.428. The zero-order valence-electron chi connectivity index (χ0n) is 7.60. The summed E-state index contributed by atoms with van der Waals surface area (Å²) in [5.74, 6) is 4.83. The Kier molecular flexibility index (Phi) is 3.84. The molecule has 0 aliphatic carbocycles. The third-order valence-corrected chi connectivity index (χ3v) is 1.94. The molecule has 0 radical (unpaired) electrons. The number of alkyl halides is 1. The molecule has 0 atom stereocenters. The zero-order valence-corrected chi connectivity index (χ0v) is 9.19. The maximum atomic E-state index is 13.1. The SMILES string of the molecule is CC(=O)c1ccc(F)c(C#CCBr)c1. The van der Waals surface area contributed by atoms with Crippen LogP contribution in [0.25, 0.3) is 0 Å². The Labute approximate surface area is 90.4 Å². The Morgan fingerprint density at radius 2 is 2.29 bits per heavy atom. The van der Waals surface area contributed by atoms with Gasteiger partial charge in [-0.05, 0) is 25.1 Å². The van der Waals surface area contributed by atoms with E-state index in [0.717, 1.165) is 0 Å². The van der Waals surface area contributed by atoms with E-state index in [0.29, 0.717) is 10.9 Å². The van der Waals surface area contributed by atoms with E-state index in [9.17, 15) is 9.18 Å². The van der Waals surface area contributed by atoms with Crippen LogP contribution in [0.5, 0.6) is 0 Å². The number of hydrogen-bond acceptors (Lipinski definition) is 1. The maximum absolute atomic E-state index is 13.1. The average molecular weight is 255 g/mol. The third-order valence-electron chi connectivity index (χ3n) is 1.66. The predicted octanol–water partition coefficient (Wildman–Crippen LogP) is 2.77. The van der Waals surface area contributed by atoms with Crippen molar-refractivity contribution in [3.63, 3.8) is 0 Å². The first-order chi connectivity index (χ1) is 6.65. The fourth-order valence-electron chi connectivity index (χ4n) is 0.969. The number of benzene rings is 1. The highest BCUT2D eigenvalue weighted by Gasteiger charge is 2.03. The molecule has 0 heterocycles. The van der Waals surface area contributed by atoms with Gasteiger partial charge < -0.3 is 0 Å². The van der Waals surface area contributed by atoms with Crippen molar-refractivity contribution >= 4 is 21.7 Å². The molecule has 1 aromatic carbocycles. The molecule has 0 saturated carbocycles. The normalized spacial score (nSPS) is 9.07. The first kappa shape index (κ1) is 10.9. The van der Waals surface area contributed by atoms with E-state index in [1.807, 2.05) is 0 Å². The summed E-state index contributed by atoms with van der Waals surface area (Å²) in [6.07, 6.45) is 0. The lowest BCUT2D eigenvalue weighted by atomic mass is 10.1. The molecule has 0 unspecified atom stereocenters. The number of halogens is 2. The summed E-state index contributed by atoms with van der Waals surface area (Å²) < 4.78 is 13.1. The van der Waals surface area contributed by atoms with Gasteiger partial charge in [0.05, 0.1) is 10.9 Å². The second-order valence-corrected chi connectivity index (χ2v) is 3.25. The van der Waals surface area contributed by atoms with Gasteiger partial charge in [-0.15, -0.1) is 0 Å². The van der Waals surface area contributed by atoms with Crippen LogP contribution < -0.4 is 0 Å². The lowest BCUT2D eigenvalue weighted by Crippen LogP contribution is -1.94. The number of Topliss-reactive ketones (excluding diaryl/α,β-unsaturated/α-hetero) is 1. The highest BCUT2D eigenvalue weighted by molar-refractivity contribution is 9.09. The van der Waals surface area contributed by atoms with Gasteiger partial charge in [0.25, 0.3) is 0 Å². The average Bonchev–Trinajstić information content (AvgIpc) is 2.16. The van der Waals surface area contributed by atoms with Crippen molar-refractivity contribution in [2.75, 3.05) is 5.33 Å². The molecule has 0 bridgehead atoms. The summed E-state index contributed by atoms with van der Waals surface area (Å²) in [5.41, 5.74) is 0.738. The van der Waals surface area contributed by atoms with Gasteiger partial charge in [0, 0.05) is 5.56 Å². The molecular weight excluding hydrogens is 247 g/mol. The summed E-state index contributed by atoms with van der Waals surface area (Å²) in [6.45, 7) is 1.44. The topological polar surface area (TPSA) is 17.1 Å². The summed E-state index contributed by atoms with van der Waals surface area (Å²) in [7, 11) is 0. The number of carbonyl (C=O) groups excluding carboxylic acids is 1. The van der Waals surface area contributed by atoms with Gasteiger partial charge in [-0.3, -0.25) is 4.79 Å². The standard InChI is InChI=1S/C11H8BrFO/c1-8(14)9-4-5-11(13)10(7-9)3-2-6-12/h4-5,7H,6H2,1H3. The number of rotatable bonds is 1. The smallest absolute Gasteiger partial charge is 0.159 e. The van der Waals surface area contributed by atoms with Gasteiger partial charge in [-0.25, -0.2) is 4.39 Å². The van der Waals surface area contributed by atoms with Crippen LogP contribution in [0.1, 0.15) is 22.8 Å². The lowest BCUT2D eigenvalue weighted by molar-refractivity contribution is 0.101. The molecule has 1 rings (SSSR count). The molecule has 72 valence electrons. The van der Waals surface area contributed by atoms with Gasteiger partial charge in [0.15, 0.2) is 5.78 Å². The fourth-order valence-corrected chi connectivity index (χ4v) is 1.11. The lowest BCUT2D eigenvalue weighted by Gasteiger charge is -1.97. The van der Waals surface area contributed by atoms with Gasteiger partial charge >= 0.3 is 0 Å². The van der Waals surface area contributed by atoms with Crippen LogP contribution in [0.15, 0.2) is 18.2 Å². The third kappa shape index (κ3) is 2.68. The summed E-state index contributed by atoms with van der Waals surface area (Å²) in [6, 6.07) is 4.18. The first-order valence-electron chi connectivity index (χ1n) is 4.00. The van der Waals surface area contributed by atoms with Gasteiger partial charge in [0.1, 0.15) is 5.82 Å². The van der Waals surface area contributed by atoms with Gasteiger partial charge in [-0.1, -0.05) is 27.8 Å². The molecule has 0 saturated heterocycles. The molecule has 0 fully saturated rings. The molecule has 14 heavy (non-hydrogen) atoms. The molecule has 0 spiro atoms. The van der Waals surface area contributed by atoms with Crippen LogP contribution in [0.4, 0.5) is 4.39 Å². The molecule has 0 aromatic heterocycles. The van der Waals surface area contributed by atoms with Crippen molar-refractivity contribution in [1.82, 2.24) is 0 Å². The molecule has 0 aliphatic rings. The summed E-state index contributed by atoms with van der Waals surface area (Å²) in [4.78, 5) is 11.0. The van der Waals surface area contributed by atoms with Crippen molar-refractivity contribution in [3.8, 4) is 11.8 Å². The molecule has 3 heteroatoms. The van der Waals surface area contributed by atoms with Crippen molar-refractivity contribution in [3.05, 3.63) is 35.1 Å². The molecule has 1 nitrogen and oxygen atoms in total. The van der Waals surface area contributed by atoms with Crippen molar-refractivity contribution in [1.29, 1.82) is 0 Å². The van der Waals surface area contributed by atoms with E-state index < -0.39 is 5.82 Å². The van der Waals surface area contributed by atoms with E-state index in [1.165, 1.54) is 25.1 Å². The Bertz CT molecular complexity index is 415. The second kappa shape index (κ2) is 4.92.